The van der Waals surface area contributed by atoms with E-state index in [9.17, 15) is 0 Å². The largest absolute Gasteiger partial charge is 0.0870 e. The third-order valence-electron chi connectivity index (χ3n) is 12.2. The normalized spacial score (nSPS) is 19.3. The lowest BCUT2D eigenvalue weighted by molar-refractivity contribution is 0.529. The molecule has 0 amide bonds. The van der Waals surface area contributed by atoms with Crippen molar-refractivity contribution in [2.45, 2.75) is 97.8 Å². The van der Waals surface area contributed by atoms with Crippen molar-refractivity contribution in [1.29, 1.82) is 0 Å². The first kappa shape index (κ1) is 32.4. The van der Waals surface area contributed by atoms with Crippen molar-refractivity contribution in [2.24, 2.45) is 5.92 Å². The Bertz CT molecular complexity index is 2050. The molecule has 4 atom stereocenters. The van der Waals surface area contributed by atoms with Crippen molar-refractivity contribution in [3.05, 3.63) is 159 Å². The van der Waals surface area contributed by atoms with Crippen molar-refractivity contribution in [1.82, 2.24) is 0 Å². The summed E-state index contributed by atoms with van der Waals surface area (Å²) in [5.41, 5.74) is 17.4. The summed E-state index contributed by atoms with van der Waals surface area (Å²) in [5, 5.41) is 2.76. The van der Waals surface area contributed by atoms with E-state index >= 15 is 0 Å². The molecule has 48 heavy (non-hydrogen) atoms. The smallest absolute Gasteiger partial charge is 0.0159 e. The Balaban J connectivity index is 1.25. The second-order valence-corrected chi connectivity index (χ2v) is 15.3. The third-order valence-corrected chi connectivity index (χ3v) is 12.2. The van der Waals surface area contributed by atoms with Gasteiger partial charge in [-0.25, -0.2) is 0 Å². The molecule has 0 aliphatic heterocycles. The lowest BCUT2D eigenvalue weighted by atomic mass is 9.70. The van der Waals surface area contributed by atoms with Crippen molar-refractivity contribution in [2.75, 3.05) is 0 Å². The van der Waals surface area contributed by atoms with Gasteiger partial charge >= 0.3 is 0 Å². The van der Waals surface area contributed by atoms with Gasteiger partial charge in [-0.3, -0.25) is 0 Å². The van der Waals surface area contributed by atoms with Gasteiger partial charge in [0.2, 0.25) is 0 Å². The van der Waals surface area contributed by atoms with Crippen LogP contribution in [0.5, 0.6) is 0 Å². The zero-order valence-corrected chi connectivity index (χ0v) is 30.3. The Morgan fingerprint density at radius 2 is 1.35 bits per heavy atom. The molecule has 2 aliphatic carbocycles. The number of rotatable bonds is 8. The van der Waals surface area contributed by atoms with E-state index in [-0.39, 0.29) is 5.41 Å². The molecule has 0 fully saturated rings. The van der Waals surface area contributed by atoms with Crippen LogP contribution in [0.2, 0.25) is 0 Å². The standard InChI is InChI=1S/C48H52/c1-9-16-38-32(5)33(6)44-27-35(22-24-41(44)40(38)17-10-2)30(3)31(4)36-23-25-43-45(28-36)48(7,8)46-29-37(26-34-18-12-11-13-19-34)39-20-14-15-21-42(39)47(43)46/h10-15,17-25,27-33H,9,16,26H2,1-8H3/b17-10-. The lowest BCUT2D eigenvalue weighted by Gasteiger charge is -2.34. The van der Waals surface area contributed by atoms with Crippen LogP contribution in [-0.4, -0.2) is 0 Å². The molecule has 0 saturated heterocycles. The first-order valence-electron chi connectivity index (χ1n) is 18.4. The van der Waals surface area contributed by atoms with Crippen molar-refractivity contribution in [3.63, 3.8) is 0 Å². The fraction of sp³-hybridized carbons (Fsp3) is 0.333. The highest BCUT2D eigenvalue weighted by atomic mass is 14.4. The molecule has 5 aromatic carbocycles. The maximum Gasteiger partial charge on any atom is 0.0159 e. The maximum atomic E-state index is 2.55. The minimum absolute atomic E-state index is 0.0672. The van der Waals surface area contributed by atoms with Crippen LogP contribution in [0.15, 0.2) is 115 Å². The summed E-state index contributed by atoms with van der Waals surface area (Å²) in [7, 11) is 0. The molecular weight excluding hydrogens is 577 g/mol. The van der Waals surface area contributed by atoms with Crippen LogP contribution in [0.3, 0.4) is 0 Å². The predicted octanol–water partition coefficient (Wildman–Crippen LogP) is 13.5. The van der Waals surface area contributed by atoms with Gasteiger partial charge in [0.05, 0.1) is 0 Å². The fourth-order valence-corrected chi connectivity index (χ4v) is 8.97. The average molecular weight is 629 g/mol. The number of allylic oxidation sites excluding steroid dienone is 4. The number of benzene rings is 5. The molecule has 0 nitrogen and oxygen atoms in total. The van der Waals surface area contributed by atoms with Gasteiger partial charge in [-0.1, -0.05) is 170 Å². The molecule has 0 heteroatoms. The van der Waals surface area contributed by atoms with Gasteiger partial charge in [0.25, 0.3) is 0 Å². The minimum atomic E-state index is -0.0672. The third kappa shape index (κ3) is 5.29. The summed E-state index contributed by atoms with van der Waals surface area (Å²) in [6.07, 6.45) is 7.91. The van der Waals surface area contributed by atoms with Gasteiger partial charge in [-0.15, -0.1) is 0 Å². The summed E-state index contributed by atoms with van der Waals surface area (Å²) >= 11 is 0. The van der Waals surface area contributed by atoms with E-state index in [4.69, 9.17) is 0 Å². The summed E-state index contributed by atoms with van der Waals surface area (Å²) < 4.78 is 0. The van der Waals surface area contributed by atoms with E-state index in [2.05, 4.69) is 165 Å². The number of hydrogen-bond donors (Lipinski definition) is 0. The van der Waals surface area contributed by atoms with Gasteiger partial charge < -0.3 is 0 Å². The van der Waals surface area contributed by atoms with Gasteiger partial charge in [-0.05, 0) is 115 Å². The minimum Gasteiger partial charge on any atom is -0.0870 e. The first-order valence-corrected chi connectivity index (χ1v) is 18.4. The van der Waals surface area contributed by atoms with Crippen LogP contribution in [0.1, 0.15) is 130 Å². The topological polar surface area (TPSA) is 0 Å². The Hall–Kier alpha value is -4.16. The van der Waals surface area contributed by atoms with Crippen molar-refractivity contribution in [3.8, 4) is 11.1 Å². The fourth-order valence-electron chi connectivity index (χ4n) is 8.97. The van der Waals surface area contributed by atoms with Crippen LogP contribution in [-0.2, 0) is 11.8 Å². The zero-order valence-electron chi connectivity index (χ0n) is 30.3. The number of fused-ring (bicyclic) bond motifs is 6. The highest BCUT2D eigenvalue weighted by molar-refractivity contribution is 6.04. The first-order chi connectivity index (χ1) is 23.1. The quantitative estimate of drug-likeness (QED) is 0.160. The van der Waals surface area contributed by atoms with Crippen LogP contribution >= 0.6 is 0 Å². The highest BCUT2D eigenvalue weighted by Gasteiger charge is 2.38. The molecule has 0 aromatic heterocycles. The molecule has 0 spiro atoms. The summed E-state index contributed by atoms with van der Waals surface area (Å²) in [6, 6.07) is 37.3. The van der Waals surface area contributed by atoms with E-state index in [1.807, 2.05) is 0 Å². The van der Waals surface area contributed by atoms with Crippen molar-refractivity contribution < 1.29 is 0 Å². The Kier molecular flexibility index (Phi) is 8.57. The van der Waals surface area contributed by atoms with E-state index < -0.39 is 0 Å². The molecule has 7 rings (SSSR count). The Morgan fingerprint density at radius 3 is 2.04 bits per heavy atom. The van der Waals surface area contributed by atoms with E-state index in [1.165, 1.54) is 84.8 Å². The molecule has 5 aromatic rings. The molecule has 0 N–H and O–H groups in total. The molecule has 2 aliphatic rings. The monoisotopic (exact) mass is 628 g/mol. The molecule has 0 saturated carbocycles. The summed E-state index contributed by atoms with van der Waals surface area (Å²) in [6.45, 7) is 19.1. The molecule has 244 valence electrons. The number of hydrogen-bond acceptors (Lipinski definition) is 0. The van der Waals surface area contributed by atoms with Gasteiger partial charge in [0, 0.05) is 5.41 Å². The van der Waals surface area contributed by atoms with Crippen LogP contribution in [0, 0.1) is 5.92 Å². The Labute approximate surface area is 289 Å². The molecule has 0 radical (unpaired) electrons. The lowest BCUT2D eigenvalue weighted by Crippen LogP contribution is -2.19. The van der Waals surface area contributed by atoms with Crippen LogP contribution in [0.4, 0.5) is 0 Å². The van der Waals surface area contributed by atoms with Gasteiger partial charge in [0.15, 0.2) is 0 Å². The average Bonchev–Trinajstić information content (AvgIpc) is 3.33. The maximum absolute atomic E-state index is 2.55. The second-order valence-electron chi connectivity index (χ2n) is 15.3. The second kappa shape index (κ2) is 12.7. The summed E-state index contributed by atoms with van der Waals surface area (Å²) in [5.74, 6) is 1.90. The highest BCUT2D eigenvalue weighted by Crippen LogP contribution is 2.53. The van der Waals surface area contributed by atoms with Gasteiger partial charge in [0.1, 0.15) is 0 Å². The van der Waals surface area contributed by atoms with Crippen molar-refractivity contribution >= 4 is 16.3 Å². The molecule has 0 heterocycles. The van der Waals surface area contributed by atoms with Gasteiger partial charge in [-0.2, -0.15) is 0 Å². The van der Waals surface area contributed by atoms with Crippen LogP contribution in [0.25, 0.3) is 27.5 Å². The van der Waals surface area contributed by atoms with Crippen LogP contribution < -0.4 is 0 Å². The van der Waals surface area contributed by atoms with E-state index in [1.54, 1.807) is 5.57 Å². The summed E-state index contributed by atoms with van der Waals surface area (Å²) in [4.78, 5) is 0. The molecule has 0 bridgehead atoms. The Morgan fingerprint density at radius 1 is 0.708 bits per heavy atom. The molecule has 4 unspecified atom stereocenters. The SMILES string of the molecule is C/C=C\C1=C(CCC)C(C)C(C)c2cc(C(C)C(C)c3ccc4c(c3)C(C)(C)c3cc(Cc5ccccc5)c5ccccc5c3-4)ccc21. The zero-order chi connectivity index (χ0) is 33.7. The predicted molar refractivity (Wildman–Crippen MR) is 208 cm³/mol. The molecular formula is C48H52. The van der Waals surface area contributed by atoms with E-state index in [0.717, 1.165) is 6.42 Å². The van der Waals surface area contributed by atoms with E-state index in [0.29, 0.717) is 23.7 Å².